The lowest BCUT2D eigenvalue weighted by molar-refractivity contribution is 0.214. The Kier molecular flexibility index (Phi) is 3.30. The fourth-order valence-corrected chi connectivity index (χ4v) is 1.55. The van der Waals surface area contributed by atoms with Gasteiger partial charge in [0.05, 0.1) is 0 Å². The summed E-state index contributed by atoms with van der Waals surface area (Å²) in [7, 11) is -1.79. The maximum Gasteiger partial charge on any atom is 0.398 e. The van der Waals surface area contributed by atoms with Gasteiger partial charge in [0.2, 0.25) is 8.32 Å². The molecule has 0 bridgehead atoms. The van der Waals surface area contributed by atoms with Gasteiger partial charge in [-0.15, -0.1) is 0 Å². The van der Waals surface area contributed by atoms with Gasteiger partial charge in [-0.05, 0) is 31.8 Å². The first-order valence-corrected chi connectivity index (χ1v) is 7.93. The fraction of sp³-hybridized carbons (Fsp3) is 0.300. The summed E-state index contributed by atoms with van der Waals surface area (Å²) in [5.74, 6) is 0. The van der Waals surface area contributed by atoms with Crippen LogP contribution >= 0.6 is 0 Å². The van der Waals surface area contributed by atoms with Gasteiger partial charge in [-0.1, -0.05) is 18.2 Å². The minimum absolute atomic E-state index is 0.365. The molecule has 1 aromatic carbocycles. The Bertz CT molecular complexity index is 306. The summed E-state index contributed by atoms with van der Waals surface area (Å²) in [6, 6.07) is 9.28. The van der Waals surface area contributed by atoms with Crippen molar-refractivity contribution in [2.24, 2.45) is 0 Å². The Morgan fingerprint density at radius 2 is 1.79 bits per heavy atom. The van der Waals surface area contributed by atoms with Crippen molar-refractivity contribution in [3.05, 3.63) is 30.3 Å². The van der Waals surface area contributed by atoms with Gasteiger partial charge in [-0.2, -0.15) is 0 Å². The van der Waals surface area contributed by atoms with Gasteiger partial charge in [0, 0.05) is 5.69 Å². The predicted octanol–water partition coefficient (Wildman–Crippen LogP) is 3.07. The summed E-state index contributed by atoms with van der Waals surface area (Å²) in [6.45, 7) is 5.91. The number of rotatable bonds is 2. The highest BCUT2D eigenvalue weighted by molar-refractivity contribution is 6.71. The lowest BCUT2D eigenvalue weighted by Crippen LogP contribution is -2.31. The van der Waals surface area contributed by atoms with Gasteiger partial charge in [0.15, 0.2) is 0 Å². The minimum Gasteiger partial charge on any atom is -0.504 e. The normalized spacial score (nSPS) is 10.8. The van der Waals surface area contributed by atoms with Crippen LogP contribution in [0.4, 0.5) is 10.5 Å². The Hall–Kier alpha value is -1.29. The van der Waals surface area contributed by atoms with E-state index in [1.807, 2.05) is 50.0 Å². The van der Waals surface area contributed by atoms with Crippen molar-refractivity contribution >= 4 is 20.1 Å². The molecule has 0 aliphatic carbocycles. The molecular weight excluding hydrogens is 194 g/mol. The third-order valence-electron chi connectivity index (χ3n) is 1.42. The van der Waals surface area contributed by atoms with E-state index in [9.17, 15) is 4.79 Å². The molecule has 76 valence electrons. The van der Waals surface area contributed by atoms with Crippen LogP contribution in [0.3, 0.4) is 0 Å². The molecule has 0 saturated carbocycles. The van der Waals surface area contributed by atoms with Crippen LogP contribution in [0.15, 0.2) is 30.3 Å². The number of hydrogen-bond acceptors (Lipinski definition) is 2. The summed E-state index contributed by atoms with van der Waals surface area (Å²) >= 11 is 0. The Morgan fingerprint density at radius 3 is 2.29 bits per heavy atom. The molecule has 0 aliphatic rings. The van der Waals surface area contributed by atoms with Crippen molar-refractivity contribution in [3.63, 3.8) is 0 Å². The zero-order valence-electron chi connectivity index (χ0n) is 8.70. The fourth-order valence-electron chi connectivity index (χ4n) is 0.943. The highest BCUT2D eigenvalue weighted by Gasteiger charge is 2.19. The van der Waals surface area contributed by atoms with Crippen LogP contribution in [-0.4, -0.2) is 14.4 Å². The van der Waals surface area contributed by atoms with Gasteiger partial charge < -0.3 is 4.43 Å². The van der Waals surface area contributed by atoms with Crippen LogP contribution in [-0.2, 0) is 4.43 Å². The molecule has 0 fully saturated rings. The van der Waals surface area contributed by atoms with Crippen molar-refractivity contribution in [1.82, 2.24) is 0 Å². The third-order valence-corrected chi connectivity index (χ3v) is 2.22. The average Bonchev–Trinajstić information content (AvgIpc) is 2.02. The van der Waals surface area contributed by atoms with E-state index in [4.69, 9.17) is 4.43 Å². The van der Waals surface area contributed by atoms with Crippen LogP contribution in [0.5, 0.6) is 0 Å². The zero-order valence-corrected chi connectivity index (χ0v) is 9.70. The molecule has 0 saturated heterocycles. The molecule has 0 atom stereocenters. The summed E-state index contributed by atoms with van der Waals surface area (Å²) < 4.78 is 5.23. The highest BCUT2D eigenvalue weighted by Crippen LogP contribution is 2.08. The Morgan fingerprint density at radius 1 is 1.21 bits per heavy atom. The molecule has 1 N–H and O–H groups in total. The predicted molar refractivity (Wildman–Crippen MR) is 59.9 cm³/mol. The second-order valence-electron chi connectivity index (χ2n) is 3.99. The number of amides is 1. The van der Waals surface area contributed by atoms with Crippen molar-refractivity contribution in [1.29, 1.82) is 0 Å². The maximum absolute atomic E-state index is 11.3. The quantitative estimate of drug-likeness (QED) is 0.760. The number of carbonyl (C=O) groups is 1. The molecule has 1 amide bonds. The smallest absolute Gasteiger partial charge is 0.398 e. The van der Waals surface area contributed by atoms with Crippen LogP contribution in [0.25, 0.3) is 0 Å². The number of nitrogens with one attached hydrogen (secondary N) is 1. The first-order chi connectivity index (χ1) is 6.47. The first kappa shape index (κ1) is 10.8. The molecule has 3 nitrogen and oxygen atoms in total. The minimum atomic E-state index is -1.79. The van der Waals surface area contributed by atoms with Crippen molar-refractivity contribution < 1.29 is 9.22 Å². The second kappa shape index (κ2) is 4.28. The number of benzene rings is 1. The molecule has 0 unspecified atom stereocenters. The topological polar surface area (TPSA) is 38.3 Å². The molecule has 0 heterocycles. The van der Waals surface area contributed by atoms with E-state index in [0.717, 1.165) is 5.69 Å². The van der Waals surface area contributed by atoms with Gasteiger partial charge in [0.1, 0.15) is 0 Å². The van der Waals surface area contributed by atoms with E-state index in [0.29, 0.717) is 0 Å². The van der Waals surface area contributed by atoms with E-state index in [1.165, 1.54) is 0 Å². The van der Waals surface area contributed by atoms with Gasteiger partial charge in [0.25, 0.3) is 0 Å². The Balaban J connectivity index is 2.50. The van der Waals surface area contributed by atoms with Crippen molar-refractivity contribution in [2.45, 2.75) is 19.6 Å². The van der Waals surface area contributed by atoms with Crippen LogP contribution in [0.1, 0.15) is 0 Å². The van der Waals surface area contributed by atoms with E-state index in [2.05, 4.69) is 5.32 Å². The van der Waals surface area contributed by atoms with Gasteiger partial charge in [-0.25, -0.2) is 4.79 Å². The number of hydrogen-bond donors (Lipinski definition) is 1. The van der Waals surface area contributed by atoms with Crippen molar-refractivity contribution in [3.8, 4) is 0 Å². The van der Waals surface area contributed by atoms with Crippen LogP contribution in [0, 0.1) is 0 Å². The standard InChI is InChI=1S/C10H15NO2Si/c1-14(2,3)13-10(12)11-9-7-5-4-6-8-9/h4-8H,1-3H3,(H,11,12). The van der Waals surface area contributed by atoms with E-state index < -0.39 is 8.32 Å². The number of para-hydroxylation sites is 1. The monoisotopic (exact) mass is 209 g/mol. The lowest BCUT2D eigenvalue weighted by Gasteiger charge is -2.17. The maximum atomic E-state index is 11.3. The molecule has 1 aromatic rings. The molecule has 0 spiro atoms. The zero-order chi connectivity index (χ0) is 10.6. The SMILES string of the molecule is C[Si](C)(C)OC(=O)Nc1ccccc1. The second-order valence-corrected chi connectivity index (χ2v) is 8.42. The van der Waals surface area contributed by atoms with E-state index in [1.54, 1.807) is 0 Å². The molecule has 0 aliphatic heterocycles. The van der Waals surface area contributed by atoms with E-state index in [-0.39, 0.29) is 6.09 Å². The first-order valence-electron chi connectivity index (χ1n) is 4.52. The summed E-state index contributed by atoms with van der Waals surface area (Å²) in [5, 5.41) is 2.67. The van der Waals surface area contributed by atoms with Gasteiger partial charge >= 0.3 is 6.09 Å². The average molecular weight is 209 g/mol. The molecule has 14 heavy (non-hydrogen) atoms. The summed E-state index contributed by atoms with van der Waals surface area (Å²) in [4.78, 5) is 11.3. The Labute approximate surface area is 85.2 Å². The summed E-state index contributed by atoms with van der Waals surface area (Å²) in [5.41, 5.74) is 0.760. The molecule has 0 radical (unpaired) electrons. The highest BCUT2D eigenvalue weighted by atomic mass is 28.4. The largest absolute Gasteiger partial charge is 0.504 e. The van der Waals surface area contributed by atoms with Crippen LogP contribution in [0.2, 0.25) is 19.6 Å². The lowest BCUT2D eigenvalue weighted by atomic mass is 10.3. The summed E-state index contributed by atoms with van der Waals surface area (Å²) in [6.07, 6.45) is -0.365. The van der Waals surface area contributed by atoms with Crippen LogP contribution < -0.4 is 5.32 Å². The molecular formula is C10H15NO2Si. The van der Waals surface area contributed by atoms with Crippen molar-refractivity contribution in [2.75, 3.05) is 5.32 Å². The van der Waals surface area contributed by atoms with E-state index >= 15 is 0 Å². The van der Waals surface area contributed by atoms with Gasteiger partial charge in [-0.3, -0.25) is 5.32 Å². The molecule has 4 heteroatoms. The number of carbonyl (C=O) groups excluding carboxylic acids is 1. The third kappa shape index (κ3) is 4.09. The molecule has 0 aromatic heterocycles. The molecule has 1 rings (SSSR count). The number of anilines is 1.